The van der Waals surface area contributed by atoms with Gasteiger partial charge in [-0.1, -0.05) is 24.3 Å². The Morgan fingerprint density at radius 2 is 2.06 bits per heavy atom. The number of rotatable bonds is 4. The van der Waals surface area contributed by atoms with E-state index in [9.17, 15) is 0 Å². The molecular formula is C15H21NO. The molecule has 0 aromatic heterocycles. The number of hydrogen-bond acceptors (Lipinski definition) is 2. The molecule has 0 saturated carbocycles. The molecule has 2 nitrogen and oxygen atoms in total. The van der Waals surface area contributed by atoms with Gasteiger partial charge in [-0.15, -0.1) is 0 Å². The number of hydrogen-bond donors (Lipinski definition) is 1. The van der Waals surface area contributed by atoms with E-state index in [-0.39, 0.29) is 0 Å². The van der Waals surface area contributed by atoms with Crippen LogP contribution in [0.25, 0.3) is 0 Å². The minimum Gasteiger partial charge on any atom is -0.497 e. The first kappa shape index (κ1) is 12.2. The van der Waals surface area contributed by atoms with Gasteiger partial charge >= 0.3 is 0 Å². The van der Waals surface area contributed by atoms with E-state index in [1.165, 1.54) is 24.8 Å². The minimum absolute atomic E-state index is 0.383. The summed E-state index contributed by atoms with van der Waals surface area (Å²) in [4.78, 5) is 0. The zero-order valence-corrected chi connectivity index (χ0v) is 10.6. The monoisotopic (exact) mass is 231 g/mol. The van der Waals surface area contributed by atoms with Crippen LogP contribution in [0.2, 0.25) is 0 Å². The van der Waals surface area contributed by atoms with Crippen molar-refractivity contribution in [2.75, 3.05) is 7.11 Å². The molecule has 1 aromatic carbocycles. The van der Waals surface area contributed by atoms with Crippen LogP contribution in [0.1, 0.15) is 37.8 Å². The standard InChI is InChI=1S/C15H21NO/c1-12(16-14-6-4-3-5-7-14)13-8-10-15(17-2)11-9-13/h4,6,8-12,14,16H,3,5,7H2,1-2H3/t12-,14?/m0/s1. The first-order chi connectivity index (χ1) is 8.29. The average Bonchev–Trinajstić information content (AvgIpc) is 2.40. The normalized spacial score (nSPS) is 21.2. The lowest BCUT2D eigenvalue weighted by Crippen LogP contribution is -2.30. The smallest absolute Gasteiger partial charge is 0.118 e. The second kappa shape index (κ2) is 5.87. The maximum absolute atomic E-state index is 5.17. The maximum Gasteiger partial charge on any atom is 0.118 e. The zero-order chi connectivity index (χ0) is 12.1. The fraction of sp³-hybridized carbons (Fsp3) is 0.467. The molecule has 0 bridgehead atoms. The molecule has 1 N–H and O–H groups in total. The van der Waals surface area contributed by atoms with Gasteiger partial charge in [-0.05, 0) is 43.9 Å². The number of allylic oxidation sites excluding steroid dienone is 1. The van der Waals surface area contributed by atoms with E-state index in [1.807, 2.05) is 12.1 Å². The molecule has 1 aliphatic carbocycles. The third-order valence-corrected chi connectivity index (χ3v) is 3.33. The van der Waals surface area contributed by atoms with Crippen molar-refractivity contribution in [2.45, 2.75) is 38.3 Å². The predicted octanol–water partition coefficient (Wildman–Crippen LogP) is 3.45. The molecule has 17 heavy (non-hydrogen) atoms. The topological polar surface area (TPSA) is 21.3 Å². The molecule has 0 radical (unpaired) electrons. The molecule has 0 spiro atoms. The highest BCUT2D eigenvalue weighted by Gasteiger charge is 2.12. The fourth-order valence-electron chi connectivity index (χ4n) is 2.26. The maximum atomic E-state index is 5.17. The summed E-state index contributed by atoms with van der Waals surface area (Å²) in [5.41, 5.74) is 1.31. The Kier molecular flexibility index (Phi) is 4.21. The highest BCUT2D eigenvalue weighted by molar-refractivity contribution is 5.29. The van der Waals surface area contributed by atoms with Gasteiger partial charge in [-0.2, -0.15) is 0 Å². The number of nitrogens with one attached hydrogen (secondary N) is 1. The summed E-state index contributed by atoms with van der Waals surface area (Å²) >= 11 is 0. The predicted molar refractivity (Wildman–Crippen MR) is 71.3 cm³/mol. The molecule has 0 fully saturated rings. The molecule has 0 heterocycles. The molecule has 2 atom stereocenters. The van der Waals surface area contributed by atoms with Crippen molar-refractivity contribution in [1.82, 2.24) is 5.32 Å². The van der Waals surface area contributed by atoms with Crippen molar-refractivity contribution in [1.29, 1.82) is 0 Å². The van der Waals surface area contributed by atoms with E-state index in [2.05, 4.69) is 36.5 Å². The molecular weight excluding hydrogens is 210 g/mol. The molecule has 0 amide bonds. The lowest BCUT2D eigenvalue weighted by molar-refractivity contribution is 0.414. The van der Waals surface area contributed by atoms with Crippen LogP contribution < -0.4 is 10.1 Å². The van der Waals surface area contributed by atoms with Gasteiger partial charge in [-0.3, -0.25) is 0 Å². The van der Waals surface area contributed by atoms with Crippen LogP contribution in [-0.4, -0.2) is 13.2 Å². The van der Waals surface area contributed by atoms with Crippen LogP contribution in [0.3, 0.4) is 0 Å². The summed E-state index contributed by atoms with van der Waals surface area (Å²) in [5.74, 6) is 0.915. The second-order valence-corrected chi connectivity index (χ2v) is 4.63. The molecule has 1 aromatic rings. The molecule has 0 saturated heterocycles. The van der Waals surface area contributed by atoms with E-state index in [0.29, 0.717) is 12.1 Å². The Morgan fingerprint density at radius 1 is 1.29 bits per heavy atom. The van der Waals surface area contributed by atoms with Crippen molar-refractivity contribution < 1.29 is 4.74 Å². The summed E-state index contributed by atoms with van der Waals surface area (Å²) in [6.45, 7) is 2.21. The summed E-state index contributed by atoms with van der Waals surface area (Å²) < 4.78 is 5.17. The first-order valence-corrected chi connectivity index (χ1v) is 6.36. The van der Waals surface area contributed by atoms with Gasteiger partial charge in [0.1, 0.15) is 5.75 Å². The number of benzene rings is 1. The molecule has 92 valence electrons. The van der Waals surface area contributed by atoms with Crippen molar-refractivity contribution in [3.8, 4) is 5.75 Å². The average molecular weight is 231 g/mol. The zero-order valence-electron chi connectivity index (χ0n) is 10.6. The summed E-state index contributed by atoms with van der Waals surface area (Å²) in [5, 5.41) is 3.64. The highest BCUT2D eigenvalue weighted by Crippen LogP contribution is 2.19. The van der Waals surface area contributed by atoms with Gasteiger partial charge in [0.15, 0.2) is 0 Å². The van der Waals surface area contributed by atoms with Gasteiger partial charge < -0.3 is 10.1 Å². The van der Waals surface area contributed by atoms with Crippen molar-refractivity contribution in [3.05, 3.63) is 42.0 Å². The highest BCUT2D eigenvalue weighted by atomic mass is 16.5. The van der Waals surface area contributed by atoms with Crippen LogP contribution >= 0.6 is 0 Å². The van der Waals surface area contributed by atoms with Gasteiger partial charge in [0.25, 0.3) is 0 Å². The van der Waals surface area contributed by atoms with Crippen LogP contribution in [0.5, 0.6) is 5.75 Å². The van der Waals surface area contributed by atoms with E-state index in [4.69, 9.17) is 4.74 Å². The van der Waals surface area contributed by atoms with Gasteiger partial charge in [-0.25, -0.2) is 0 Å². The van der Waals surface area contributed by atoms with E-state index < -0.39 is 0 Å². The molecule has 0 aliphatic heterocycles. The fourth-order valence-corrected chi connectivity index (χ4v) is 2.26. The van der Waals surface area contributed by atoms with E-state index in [0.717, 1.165) is 5.75 Å². The van der Waals surface area contributed by atoms with Crippen LogP contribution in [0.4, 0.5) is 0 Å². The first-order valence-electron chi connectivity index (χ1n) is 6.36. The van der Waals surface area contributed by atoms with Crippen molar-refractivity contribution in [2.24, 2.45) is 0 Å². The third kappa shape index (κ3) is 3.34. The Balaban J connectivity index is 1.95. The van der Waals surface area contributed by atoms with Gasteiger partial charge in [0, 0.05) is 12.1 Å². The second-order valence-electron chi connectivity index (χ2n) is 4.63. The largest absolute Gasteiger partial charge is 0.497 e. The quantitative estimate of drug-likeness (QED) is 0.801. The molecule has 2 rings (SSSR count). The third-order valence-electron chi connectivity index (χ3n) is 3.33. The van der Waals surface area contributed by atoms with Crippen LogP contribution in [0.15, 0.2) is 36.4 Å². The van der Waals surface area contributed by atoms with Gasteiger partial charge in [0.2, 0.25) is 0 Å². The Morgan fingerprint density at radius 3 is 2.65 bits per heavy atom. The lowest BCUT2D eigenvalue weighted by atomic mass is 10.0. The van der Waals surface area contributed by atoms with E-state index in [1.54, 1.807) is 7.11 Å². The molecule has 1 unspecified atom stereocenters. The van der Waals surface area contributed by atoms with Crippen LogP contribution in [-0.2, 0) is 0 Å². The Labute approximate surface area is 104 Å². The Hall–Kier alpha value is -1.28. The molecule has 2 heteroatoms. The summed E-state index contributed by atoms with van der Waals surface area (Å²) in [6, 6.07) is 9.20. The SMILES string of the molecule is COc1ccc([C@H](C)NC2C=CCCC2)cc1. The number of methoxy groups -OCH3 is 1. The van der Waals surface area contributed by atoms with Crippen LogP contribution in [0, 0.1) is 0 Å². The lowest BCUT2D eigenvalue weighted by Gasteiger charge is -2.23. The van der Waals surface area contributed by atoms with E-state index >= 15 is 0 Å². The number of ether oxygens (including phenoxy) is 1. The van der Waals surface area contributed by atoms with Crippen molar-refractivity contribution in [3.63, 3.8) is 0 Å². The Bertz CT molecular complexity index is 369. The van der Waals surface area contributed by atoms with Gasteiger partial charge in [0.05, 0.1) is 7.11 Å². The minimum atomic E-state index is 0.383. The summed E-state index contributed by atoms with van der Waals surface area (Å²) in [6.07, 6.45) is 8.35. The van der Waals surface area contributed by atoms with Crippen molar-refractivity contribution >= 4 is 0 Å². The molecule has 1 aliphatic rings. The summed E-state index contributed by atoms with van der Waals surface area (Å²) in [7, 11) is 1.70.